The van der Waals surface area contributed by atoms with E-state index in [1.807, 2.05) is 18.2 Å². The number of carbonyl (C=O) groups is 1. The highest BCUT2D eigenvalue weighted by Crippen LogP contribution is 2.14. The molecule has 1 aliphatic heterocycles. The number of likely N-dealkylation sites (tertiary alicyclic amines) is 1. The summed E-state index contributed by atoms with van der Waals surface area (Å²) in [5, 5.41) is 23.7. The quantitative estimate of drug-likeness (QED) is 0.538. The molecule has 33 heavy (non-hydrogen) atoms. The van der Waals surface area contributed by atoms with Crippen LogP contribution in [-0.2, 0) is 17.8 Å². The zero-order chi connectivity index (χ0) is 23.6. The molecule has 0 spiro atoms. The number of hydrogen-bond donors (Lipinski definition) is 2. The molecule has 0 aliphatic carbocycles. The number of nitriles is 2. The lowest BCUT2D eigenvalue weighted by Crippen LogP contribution is -2.34. The number of thiazole rings is 1. The van der Waals surface area contributed by atoms with Crippen LogP contribution in [0.2, 0.25) is 0 Å². The van der Waals surface area contributed by atoms with E-state index >= 15 is 0 Å². The highest BCUT2D eigenvalue weighted by Gasteiger charge is 2.15. The highest BCUT2D eigenvalue weighted by atomic mass is 32.1. The summed E-state index contributed by atoms with van der Waals surface area (Å²) in [6.45, 7) is 5.43. The van der Waals surface area contributed by atoms with E-state index in [9.17, 15) is 14.9 Å². The second kappa shape index (κ2) is 12.0. The highest BCUT2D eigenvalue weighted by molar-refractivity contribution is 7.07. The van der Waals surface area contributed by atoms with Crippen LogP contribution in [0, 0.1) is 22.7 Å². The van der Waals surface area contributed by atoms with Crippen LogP contribution in [0.4, 0.5) is 5.69 Å². The second-order valence-electron chi connectivity index (χ2n) is 7.79. The number of carbonyl (C=O) groups excluding carboxylic acids is 1. The summed E-state index contributed by atoms with van der Waals surface area (Å²) in [7, 11) is 0. The van der Waals surface area contributed by atoms with Crippen molar-refractivity contribution < 1.29 is 4.79 Å². The van der Waals surface area contributed by atoms with Gasteiger partial charge in [-0.15, -0.1) is 11.3 Å². The van der Waals surface area contributed by atoms with E-state index < -0.39 is 5.91 Å². The van der Waals surface area contributed by atoms with Gasteiger partial charge in [-0.25, -0.2) is 0 Å². The summed E-state index contributed by atoms with van der Waals surface area (Å²) in [5.74, 6) is -0.663. The van der Waals surface area contributed by atoms with E-state index in [4.69, 9.17) is 5.26 Å². The van der Waals surface area contributed by atoms with E-state index in [0.29, 0.717) is 11.1 Å². The number of amides is 1. The fourth-order valence-electron chi connectivity index (χ4n) is 3.87. The average Bonchev–Trinajstić information content (AvgIpc) is 3.45. The molecule has 0 atom stereocenters. The molecule has 172 valence electrons. The van der Waals surface area contributed by atoms with Gasteiger partial charge in [-0.2, -0.15) is 10.5 Å². The maximum absolute atomic E-state index is 12.8. The van der Waals surface area contributed by atoms with Crippen molar-refractivity contribution in [2.45, 2.75) is 39.2 Å². The summed E-state index contributed by atoms with van der Waals surface area (Å²) in [4.78, 5) is 27.6. The van der Waals surface area contributed by atoms with E-state index in [0.717, 1.165) is 36.4 Å². The predicted molar refractivity (Wildman–Crippen MR) is 130 cm³/mol. The first-order valence-electron chi connectivity index (χ1n) is 11.1. The fourth-order valence-corrected chi connectivity index (χ4v) is 4.96. The number of nitrogens with one attached hydrogen (secondary N) is 2. The molecule has 1 amide bonds. The number of rotatable bonds is 9. The molecule has 1 fully saturated rings. The number of nitrogens with zero attached hydrogens (tertiary/aromatic N) is 4. The van der Waals surface area contributed by atoms with Gasteiger partial charge in [0.15, 0.2) is 5.57 Å². The maximum atomic E-state index is 12.8. The molecule has 0 bridgehead atoms. The Kier molecular flexibility index (Phi) is 8.82. The third-order valence-electron chi connectivity index (χ3n) is 5.54. The van der Waals surface area contributed by atoms with Gasteiger partial charge in [0.25, 0.3) is 11.5 Å². The summed E-state index contributed by atoms with van der Waals surface area (Å²) < 4.78 is 2.08. The zero-order valence-corrected chi connectivity index (χ0v) is 19.6. The summed E-state index contributed by atoms with van der Waals surface area (Å²) in [5.41, 5.74) is 1.67. The van der Waals surface area contributed by atoms with Gasteiger partial charge in [0.1, 0.15) is 21.8 Å². The van der Waals surface area contributed by atoms with Crippen molar-refractivity contribution in [2.24, 2.45) is 0 Å². The Balaban J connectivity index is 1.79. The molecule has 1 aromatic heterocycles. The van der Waals surface area contributed by atoms with Crippen LogP contribution in [0.5, 0.6) is 0 Å². The third-order valence-corrected chi connectivity index (χ3v) is 6.67. The molecule has 0 unspecified atom stereocenters. The van der Waals surface area contributed by atoms with Gasteiger partial charge in [-0.3, -0.25) is 14.2 Å². The number of benzene rings is 1. The lowest BCUT2D eigenvalue weighted by molar-refractivity contribution is -0.115. The minimum absolute atomic E-state index is 0.172. The van der Waals surface area contributed by atoms with Crippen molar-refractivity contribution in [3.05, 3.63) is 49.4 Å². The molecule has 2 aromatic rings. The van der Waals surface area contributed by atoms with Crippen molar-refractivity contribution in [3.8, 4) is 12.1 Å². The smallest absolute Gasteiger partial charge is 0.270 e. The molecule has 1 aliphatic rings. The van der Waals surface area contributed by atoms with Crippen LogP contribution in [0.25, 0.3) is 11.8 Å². The number of aromatic nitrogens is 1. The van der Waals surface area contributed by atoms with Crippen LogP contribution >= 0.6 is 11.3 Å². The molecular formula is C24H28N6O2S. The van der Waals surface area contributed by atoms with E-state index in [-0.39, 0.29) is 22.3 Å². The van der Waals surface area contributed by atoms with Crippen molar-refractivity contribution in [1.29, 1.82) is 10.5 Å². The molecule has 2 heterocycles. The normalized spacial score (nSPS) is 15.1. The van der Waals surface area contributed by atoms with Gasteiger partial charge in [0.05, 0.1) is 6.07 Å². The van der Waals surface area contributed by atoms with Gasteiger partial charge in [0.2, 0.25) is 0 Å². The Morgan fingerprint density at radius 1 is 1.27 bits per heavy atom. The zero-order valence-electron chi connectivity index (χ0n) is 18.8. The van der Waals surface area contributed by atoms with Crippen LogP contribution in [0.15, 0.2) is 29.1 Å². The first-order chi connectivity index (χ1) is 16.1. The van der Waals surface area contributed by atoms with Crippen molar-refractivity contribution in [2.75, 3.05) is 31.5 Å². The van der Waals surface area contributed by atoms with Gasteiger partial charge in [-0.1, -0.05) is 12.1 Å². The van der Waals surface area contributed by atoms with E-state index in [1.54, 1.807) is 19.2 Å². The second-order valence-corrected chi connectivity index (χ2v) is 8.82. The molecule has 0 saturated carbocycles. The largest absolute Gasteiger partial charge is 0.360 e. The summed E-state index contributed by atoms with van der Waals surface area (Å²) >= 11 is 1.08. The van der Waals surface area contributed by atoms with Gasteiger partial charge in [-0.05, 0) is 69.9 Å². The predicted octanol–water partition coefficient (Wildman–Crippen LogP) is 1.12. The topological polar surface area (TPSA) is 114 Å². The molecule has 9 heteroatoms. The first kappa shape index (κ1) is 24.2. The first-order valence-corrected chi connectivity index (χ1v) is 12.0. The van der Waals surface area contributed by atoms with Crippen molar-refractivity contribution >= 4 is 34.7 Å². The number of hydrogen-bond acceptors (Lipinski definition) is 7. The van der Waals surface area contributed by atoms with Crippen LogP contribution in [0.1, 0.15) is 31.7 Å². The number of aryl methyl sites for hydroxylation is 1. The fraction of sp³-hybridized carbons (Fsp3) is 0.417. The molecule has 2 N–H and O–H groups in total. The summed E-state index contributed by atoms with van der Waals surface area (Å²) in [6.07, 6.45) is 6.34. The monoisotopic (exact) mass is 464 g/mol. The number of anilines is 1. The van der Waals surface area contributed by atoms with E-state index in [2.05, 4.69) is 27.7 Å². The molecule has 0 radical (unpaired) electrons. The Bertz CT molecular complexity index is 1240. The van der Waals surface area contributed by atoms with Gasteiger partial charge >= 0.3 is 0 Å². The minimum Gasteiger partial charge on any atom is -0.360 e. The molecule has 8 nitrogen and oxygen atoms in total. The Morgan fingerprint density at radius 3 is 2.76 bits per heavy atom. The molecule has 3 rings (SSSR count). The molecule has 1 aromatic carbocycles. The van der Waals surface area contributed by atoms with Crippen molar-refractivity contribution in [1.82, 2.24) is 14.8 Å². The van der Waals surface area contributed by atoms with Crippen LogP contribution in [-0.4, -0.2) is 41.6 Å². The van der Waals surface area contributed by atoms with E-state index in [1.165, 1.54) is 36.1 Å². The lowest BCUT2D eigenvalue weighted by Gasteiger charge is -2.14. The van der Waals surface area contributed by atoms with Gasteiger partial charge in [0, 0.05) is 18.4 Å². The summed E-state index contributed by atoms with van der Waals surface area (Å²) in [6, 6.07) is 11.8. The van der Waals surface area contributed by atoms with Crippen molar-refractivity contribution in [3.63, 3.8) is 0 Å². The standard InChI is InChI=1S/C24H28N6O2S/c1-2-30-23(32)21(33-24(30)20(16-26)22(31)27-11-10-25)17-28-19-9-5-7-18(15-19)8-6-14-29-12-3-4-13-29/h5,7,9,15,17,28H,2-4,6,8,11-14H2,1H3,(H,27,31). The molecular weight excluding hydrogens is 436 g/mol. The Labute approximate surface area is 197 Å². The maximum Gasteiger partial charge on any atom is 0.270 e. The van der Waals surface area contributed by atoms with Crippen LogP contribution < -0.4 is 25.4 Å². The minimum atomic E-state index is -0.663. The average molecular weight is 465 g/mol. The SMILES string of the molecule is CCn1c(=C(C#N)C(=O)NCC#N)sc(=CNc2cccc(CCCN3CCCC3)c2)c1=O. The Morgan fingerprint density at radius 2 is 2.06 bits per heavy atom. The Hall–Kier alpha value is -3.40. The third kappa shape index (κ3) is 6.32. The lowest BCUT2D eigenvalue weighted by atomic mass is 10.1. The van der Waals surface area contributed by atoms with Crippen LogP contribution in [0.3, 0.4) is 0 Å². The molecule has 1 saturated heterocycles. The van der Waals surface area contributed by atoms with Gasteiger partial charge < -0.3 is 15.5 Å².